The van der Waals surface area contributed by atoms with Crippen molar-refractivity contribution in [2.24, 2.45) is 0 Å². The van der Waals surface area contributed by atoms with E-state index in [0.717, 1.165) is 16.0 Å². The third-order valence-corrected chi connectivity index (χ3v) is 4.04. The molecule has 0 spiro atoms. The number of hydrogen-bond acceptors (Lipinski definition) is 7. The maximum Gasteiger partial charge on any atom is 0.330 e. The molecule has 0 saturated carbocycles. The highest BCUT2D eigenvalue weighted by Crippen LogP contribution is 2.23. The normalized spacial score (nSPS) is 10.5. The molecule has 0 aliphatic heterocycles. The Hall–Kier alpha value is -3.40. The van der Waals surface area contributed by atoms with E-state index in [2.05, 4.69) is 5.10 Å². The number of aromatic nitrogens is 2. The van der Waals surface area contributed by atoms with Gasteiger partial charge in [-0.3, -0.25) is 25.0 Å². The topological polar surface area (TPSA) is 121 Å². The van der Waals surface area contributed by atoms with Gasteiger partial charge >= 0.3 is 4.87 Å². The summed E-state index contributed by atoms with van der Waals surface area (Å²) in [7, 11) is 0. The van der Waals surface area contributed by atoms with Crippen LogP contribution < -0.4 is 4.87 Å². The first-order chi connectivity index (χ1) is 11.5. The molecule has 0 aliphatic carbocycles. The van der Waals surface area contributed by atoms with E-state index in [1.807, 2.05) is 0 Å². The van der Waals surface area contributed by atoms with Crippen LogP contribution in [0.1, 0.15) is 0 Å². The van der Waals surface area contributed by atoms with Crippen molar-refractivity contribution in [3.05, 3.63) is 78.4 Å². The Morgan fingerprint density at radius 1 is 0.875 bits per heavy atom. The van der Waals surface area contributed by atoms with E-state index >= 15 is 0 Å². The average molecular weight is 344 g/mol. The Balaban J connectivity index is 1.96. The van der Waals surface area contributed by atoms with E-state index in [0.29, 0.717) is 16.3 Å². The van der Waals surface area contributed by atoms with Gasteiger partial charge in [0.2, 0.25) is 0 Å². The Morgan fingerprint density at radius 2 is 1.38 bits per heavy atom. The Morgan fingerprint density at radius 3 is 1.88 bits per heavy atom. The zero-order chi connectivity index (χ0) is 17.3. The molecule has 0 amide bonds. The molecule has 0 fully saturated rings. The van der Waals surface area contributed by atoms with Gasteiger partial charge < -0.3 is 0 Å². The summed E-state index contributed by atoms with van der Waals surface area (Å²) < 4.78 is 1.13. The lowest BCUT2D eigenvalue weighted by Gasteiger charge is -1.99. The number of hydrogen-bond donors (Lipinski definition) is 0. The van der Waals surface area contributed by atoms with Gasteiger partial charge in [0.05, 0.1) is 15.5 Å². The van der Waals surface area contributed by atoms with Crippen LogP contribution in [0, 0.1) is 20.2 Å². The van der Waals surface area contributed by atoms with Crippen LogP contribution in [0.25, 0.3) is 16.3 Å². The smallest absolute Gasteiger partial charge is 0.258 e. The van der Waals surface area contributed by atoms with Gasteiger partial charge in [-0.15, -0.1) is 0 Å². The van der Waals surface area contributed by atoms with Crippen LogP contribution in [0.3, 0.4) is 0 Å². The standard InChI is InChI=1S/C14H8N4O5S/c19-14-16(10-5-7-12(8-6-10)18(22)23)15-13(24-14)9-1-3-11(4-2-9)17(20)21/h1-8H. The molecule has 3 rings (SSSR count). The van der Waals surface area contributed by atoms with E-state index in [1.54, 1.807) is 0 Å². The van der Waals surface area contributed by atoms with Gasteiger partial charge in [0.25, 0.3) is 11.4 Å². The van der Waals surface area contributed by atoms with Crippen molar-refractivity contribution in [2.45, 2.75) is 0 Å². The van der Waals surface area contributed by atoms with Crippen molar-refractivity contribution in [3.63, 3.8) is 0 Å². The van der Waals surface area contributed by atoms with Crippen molar-refractivity contribution in [1.82, 2.24) is 9.78 Å². The van der Waals surface area contributed by atoms with Crippen LogP contribution in [-0.4, -0.2) is 19.6 Å². The first kappa shape index (κ1) is 15.5. The summed E-state index contributed by atoms with van der Waals surface area (Å²) in [5, 5.41) is 25.9. The fraction of sp³-hybridized carbons (Fsp3) is 0. The number of non-ortho nitro benzene ring substituents is 2. The summed E-state index contributed by atoms with van der Waals surface area (Å²) >= 11 is 0.880. The van der Waals surface area contributed by atoms with Crippen LogP contribution in [0.15, 0.2) is 53.3 Å². The summed E-state index contributed by atoms with van der Waals surface area (Å²) in [6.45, 7) is 0. The Labute approximate surface area is 137 Å². The van der Waals surface area contributed by atoms with Crippen molar-refractivity contribution < 1.29 is 9.85 Å². The zero-order valence-electron chi connectivity index (χ0n) is 11.9. The molecule has 0 radical (unpaired) electrons. The summed E-state index contributed by atoms with van der Waals surface area (Å²) in [6.07, 6.45) is 0. The summed E-state index contributed by atoms with van der Waals surface area (Å²) in [5.41, 5.74) is 0.830. The minimum absolute atomic E-state index is 0.0547. The van der Waals surface area contributed by atoms with Crippen LogP contribution in [-0.2, 0) is 0 Å². The van der Waals surface area contributed by atoms with Gasteiger partial charge in [-0.25, -0.2) is 0 Å². The third kappa shape index (κ3) is 2.90. The lowest BCUT2D eigenvalue weighted by atomic mass is 10.2. The molecule has 1 aromatic heterocycles. The number of nitro groups is 2. The number of rotatable bonds is 4. The first-order valence-corrected chi connectivity index (χ1v) is 7.37. The van der Waals surface area contributed by atoms with E-state index in [1.165, 1.54) is 48.5 Å². The van der Waals surface area contributed by atoms with E-state index in [-0.39, 0.29) is 16.2 Å². The predicted molar refractivity (Wildman–Crippen MR) is 86.5 cm³/mol. The van der Waals surface area contributed by atoms with E-state index in [4.69, 9.17) is 0 Å². The van der Waals surface area contributed by atoms with Crippen LogP contribution in [0.5, 0.6) is 0 Å². The average Bonchev–Trinajstić information content (AvgIpc) is 2.97. The second-order valence-electron chi connectivity index (χ2n) is 4.66. The summed E-state index contributed by atoms with van der Waals surface area (Å²) in [4.78, 5) is 32.0. The molecule has 120 valence electrons. The molecule has 0 atom stereocenters. The second kappa shape index (κ2) is 6.01. The first-order valence-electron chi connectivity index (χ1n) is 6.55. The third-order valence-electron chi connectivity index (χ3n) is 3.18. The lowest BCUT2D eigenvalue weighted by molar-refractivity contribution is -0.385. The van der Waals surface area contributed by atoms with Gasteiger partial charge in [0.15, 0.2) is 0 Å². The highest BCUT2D eigenvalue weighted by atomic mass is 32.1. The molecule has 9 nitrogen and oxygen atoms in total. The van der Waals surface area contributed by atoms with Gasteiger partial charge in [0.1, 0.15) is 5.01 Å². The largest absolute Gasteiger partial charge is 0.330 e. The molecule has 24 heavy (non-hydrogen) atoms. The molecule has 2 aromatic carbocycles. The van der Waals surface area contributed by atoms with Gasteiger partial charge in [-0.05, 0) is 24.3 Å². The van der Waals surface area contributed by atoms with Gasteiger partial charge in [-0.1, -0.05) is 11.3 Å². The van der Waals surface area contributed by atoms with Crippen LogP contribution >= 0.6 is 11.3 Å². The highest BCUT2D eigenvalue weighted by Gasteiger charge is 2.13. The van der Waals surface area contributed by atoms with Gasteiger partial charge in [-0.2, -0.15) is 9.78 Å². The fourth-order valence-corrected chi connectivity index (χ4v) is 2.77. The molecule has 0 unspecified atom stereocenters. The molecular formula is C14H8N4O5S. The molecule has 3 aromatic rings. The monoisotopic (exact) mass is 344 g/mol. The maximum absolute atomic E-state index is 12.1. The van der Waals surface area contributed by atoms with Gasteiger partial charge in [0, 0.05) is 29.8 Å². The molecule has 0 bridgehead atoms. The van der Waals surface area contributed by atoms with Crippen LogP contribution in [0.4, 0.5) is 11.4 Å². The second-order valence-corrected chi connectivity index (χ2v) is 5.60. The number of benzene rings is 2. The lowest BCUT2D eigenvalue weighted by Crippen LogP contribution is -2.11. The minimum atomic E-state index is -0.532. The predicted octanol–water partition coefficient (Wildman–Crippen LogP) is 2.78. The van der Waals surface area contributed by atoms with Crippen molar-refractivity contribution in [3.8, 4) is 16.3 Å². The van der Waals surface area contributed by atoms with Crippen LogP contribution in [0.2, 0.25) is 0 Å². The summed E-state index contributed by atoms with van der Waals surface area (Å²) in [5.74, 6) is 0. The van der Waals surface area contributed by atoms with Crippen molar-refractivity contribution >= 4 is 22.7 Å². The Bertz CT molecular complexity index is 976. The molecule has 10 heteroatoms. The summed E-state index contributed by atoms with van der Waals surface area (Å²) in [6, 6.07) is 11.1. The Kier molecular flexibility index (Phi) is 3.88. The maximum atomic E-state index is 12.1. The quantitative estimate of drug-likeness (QED) is 0.530. The molecule has 0 aliphatic rings. The van der Waals surface area contributed by atoms with Crippen molar-refractivity contribution in [2.75, 3.05) is 0 Å². The van der Waals surface area contributed by atoms with E-state index in [9.17, 15) is 25.0 Å². The number of nitro benzene ring substituents is 2. The minimum Gasteiger partial charge on any atom is -0.258 e. The molecule has 1 heterocycles. The SMILES string of the molecule is O=c1sc(-c2ccc([N+](=O)[O-])cc2)nn1-c1ccc([N+](=O)[O-])cc1. The van der Waals surface area contributed by atoms with E-state index < -0.39 is 9.85 Å². The highest BCUT2D eigenvalue weighted by molar-refractivity contribution is 7.12. The molecular weight excluding hydrogens is 336 g/mol. The molecule has 0 N–H and O–H groups in total. The fourth-order valence-electron chi connectivity index (χ4n) is 2.00. The zero-order valence-corrected chi connectivity index (χ0v) is 12.7. The van der Waals surface area contributed by atoms with Crippen molar-refractivity contribution in [1.29, 1.82) is 0 Å². The molecule has 0 saturated heterocycles. The number of nitrogens with zero attached hydrogens (tertiary/aromatic N) is 4.